The first kappa shape index (κ1) is 13.3. The highest BCUT2D eigenvalue weighted by atomic mass is 16.5. The Hall–Kier alpha value is -2.81. The van der Waals surface area contributed by atoms with Crippen LogP contribution < -0.4 is 10.5 Å². The van der Waals surface area contributed by atoms with E-state index < -0.39 is 11.9 Å². The summed E-state index contributed by atoms with van der Waals surface area (Å²) < 4.78 is 5.02. The Kier molecular flexibility index (Phi) is 4.46. The number of nitrogens with two attached hydrogens (primary N) is 1. The van der Waals surface area contributed by atoms with Crippen LogP contribution in [-0.4, -0.2) is 23.6 Å². The molecule has 0 aliphatic rings. The van der Waals surface area contributed by atoms with E-state index in [2.05, 4.69) is 0 Å². The van der Waals surface area contributed by atoms with E-state index >= 15 is 0 Å². The number of carboxylic acid groups (broad SMARTS) is 1. The molecule has 0 aliphatic heterocycles. The van der Waals surface area contributed by atoms with Crippen LogP contribution in [0.3, 0.4) is 0 Å². The van der Waals surface area contributed by atoms with Crippen LogP contribution in [0.25, 0.3) is 6.08 Å². The van der Waals surface area contributed by atoms with Crippen molar-refractivity contribution in [3.05, 3.63) is 35.4 Å². The number of aliphatic carboxylic acids is 1. The minimum atomic E-state index is -1.29. The molecular formula is C12H10N2O4. The van der Waals surface area contributed by atoms with Crippen LogP contribution in [0.2, 0.25) is 0 Å². The SMILES string of the molecule is N#CC(=Cc1ccc(OCC(N)=O)cc1)C(=O)O. The second kappa shape index (κ2) is 6.06. The van der Waals surface area contributed by atoms with E-state index in [1.807, 2.05) is 0 Å². The molecule has 92 valence electrons. The van der Waals surface area contributed by atoms with E-state index in [0.29, 0.717) is 11.3 Å². The van der Waals surface area contributed by atoms with Crippen molar-refractivity contribution in [1.82, 2.24) is 0 Å². The molecular weight excluding hydrogens is 236 g/mol. The monoisotopic (exact) mass is 246 g/mol. The van der Waals surface area contributed by atoms with Gasteiger partial charge in [0.1, 0.15) is 17.4 Å². The third-order valence-electron chi connectivity index (χ3n) is 1.92. The second-order valence-electron chi connectivity index (χ2n) is 3.30. The number of primary amides is 1. The average Bonchev–Trinajstić information content (AvgIpc) is 2.34. The van der Waals surface area contributed by atoms with Gasteiger partial charge in [0.25, 0.3) is 5.91 Å². The zero-order chi connectivity index (χ0) is 13.5. The summed E-state index contributed by atoms with van der Waals surface area (Å²) in [5.74, 6) is -1.44. The highest BCUT2D eigenvalue weighted by molar-refractivity contribution is 5.96. The third kappa shape index (κ3) is 3.98. The number of nitrogens with zero attached hydrogens (tertiary/aromatic N) is 1. The van der Waals surface area contributed by atoms with Crippen LogP contribution >= 0.6 is 0 Å². The lowest BCUT2D eigenvalue weighted by atomic mass is 10.1. The Labute approximate surface area is 103 Å². The zero-order valence-electron chi connectivity index (χ0n) is 9.29. The first-order valence-electron chi connectivity index (χ1n) is 4.89. The maximum absolute atomic E-state index is 10.6. The van der Waals surface area contributed by atoms with E-state index in [1.165, 1.54) is 6.08 Å². The summed E-state index contributed by atoms with van der Waals surface area (Å²) in [5, 5.41) is 17.3. The Balaban J connectivity index is 2.80. The minimum absolute atomic E-state index is 0.228. The van der Waals surface area contributed by atoms with Crippen LogP contribution in [0.5, 0.6) is 5.75 Å². The van der Waals surface area contributed by atoms with Gasteiger partial charge in [-0.2, -0.15) is 5.26 Å². The lowest BCUT2D eigenvalue weighted by molar-refractivity contribution is -0.132. The van der Waals surface area contributed by atoms with Gasteiger partial charge in [0, 0.05) is 0 Å². The summed E-state index contributed by atoms with van der Waals surface area (Å²) in [6, 6.07) is 7.80. The smallest absolute Gasteiger partial charge is 0.346 e. The molecule has 0 fully saturated rings. The van der Waals surface area contributed by atoms with Crippen LogP contribution in [-0.2, 0) is 9.59 Å². The average molecular weight is 246 g/mol. The van der Waals surface area contributed by atoms with Gasteiger partial charge >= 0.3 is 5.97 Å². The van der Waals surface area contributed by atoms with Crippen molar-refractivity contribution in [2.45, 2.75) is 0 Å². The number of nitriles is 1. The van der Waals surface area contributed by atoms with Gasteiger partial charge in [-0.05, 0) is 23.8 Å². The van der Waals surface area contributed by atoms with E-state index in [9.17, 15) is 9.59 Å². The fourth-order valence-electron chi connectivity index (χ4n) is 1.12. The molecule has 1 amide bonds. The summed E-state index contributed by atoms with van der Waals surface area (Å²) >= 11 is 0. The normalized spacial score (nSPS) is 10.5. The van der Waals surface area contributed by atoms with E-state index in [-0.39, 0.29) is 12.2 Å². The van der Waals surface area contributed by atoms with Crippen molar-refractivity contribution in [2.75, 3.05) is 6.61 Å². The first-order chi connectivity index (χ1) is 8.52. The molecule has 0 bridgehead atoms. The number of rotatable bonds is 5. The van der Waals surface area contributed by atoms with E-state index in [4.69, 9.17) is 20.8 Å². The van der Waals surface area contributed by atoms with Gasteiger partial charge in [-0.25, -0.2) is 4.79 Å². The number of carbonyl (C=O) groups is 2. The van der Waals surface area contributed by atoms with E-state index in [0.717, 1.165) is 0 Å². The van der Waals surface area contributed by atoms with Crippen molar-refractivity contribution in [2.24, 2.45) is 5.73 Å². The number of amides is 1. The van der Waals surface area contributed by atoms with Crippen molar-refractivity contribution < 1.29 is 19.4 Å². The molecule has 6 nitrogen and oxygen atoms in total. The van der Waals surface area contributed by atoms with Gasteiger partial charge in [0.05, 0.1) is 0 Å². The molecule has 1 aromatic rings. The van der Waals surface area contributed by atoms with Crippen molar-refractivity contribution in [1.29, 1.82) is 5.26 Å². The quantitative estimate of drug-likeness (QED) is 0.581. The molecule has 0 radical (unpaired) electrons. The third-order valence-corrected chi connectivity index (χ3v) is 1.92. The number of ether oxygens (including phenoxy) is 1. The molecule has 0 atom stereocenters. The summed E-state index contributed by atoms with van der Waals surface area (Å²) in [7, 11) is 0. The Morgan fingerprint density at radius 1 is 1.39 bits per heavy atom. The molecule has 1 rings (SSSR count). The Morgan fingerprint density at radius 2 is 2.00 bits per heavy atom. The summed E-state index contributed by atoms with van der Waals surface area (Å²) in [6.07, 6.45) is 1.24. The predicted octanol–water partition coefficient (Wildman–Crippen LogP) is 0.542. The highest BCUT2D eigenvalue weighted by Crippen LogP contribution is 2.14. The van der Waals surface area contributed by atoms with Gasteiger partial charge in [0.2, 0.25) is 0 Å². The molecule has 0 heterocycles. The number of carboxylic acids is 1. The van der Waals surface area contributed by atoms with Gasteiger partial charge in [-0.3, -0.25) is 4.79 Å². The highest BCUT2D eigenvalue weighted by Gasteiger charge is 2.05. The van der Waals surface area contributed by atoms with Crippen LogP contribution in [0.1, 0.15) is 5.56 Å². The van der Waals surface area contributed by atoms with Gasteiger partial charge < -0.3 is 15.6 Å². The van der Waals surface area contributed by atoms with Crippen molar-refractivity contribution in [3.63, 3.8) is 0 Å². The lowest BCUT2D eigenvalue weighted by Gasteiger charge is -2.03. The van der Waals surface area contributed by atoms with Crippen LogP contribution in [0.15, 0.2) is 29.8 Å². The number of benzene rings is 1. The Bertz CT molecular complexity index is 526. The molecule has 18 heavy (non-hydrogen) atoms. The largest absolute Gasteiger partial charge is 0.484 e. The molecule has 0 spiro atoms. The second-order valence-corrected chi connectivity index (χ2v) is 3.30. The van der Waals surface area contributed by atoms with Crippen molar-refractivity contribution in [3.8, 4) is 11.8 Å². The maximum atomic E-state index is 10.6. The summed E-state index contributed by atoms with van der Waals surface area (Å²) in [6.45, 7) is -0.228. The van der Waals surface area contributed by atoms with E-state index in [1.54, 1.807) is 30.3 Å². The molecule has 0 saturated heterocycles. The predicted molar refractivity (Wildman–Crippen MR) is 62.4 cm³/mol. The standard InChI is InChI=1S/C12H10N2O4/c13-6-9(12(16)17)5-8-1-3-10(4-2-8)18-7-11(14)15/h1-5H,7H2,(H2,14,15)(H,16,17). The van der Waals surface area contributed by atoms with Crippen LogP contribution in [0, 0.1) is 11.3 Å². The fraction of sp³-hybridized carbons (Fsp3) is 0.0833. The van der Waals surface area contributed by atoms with Gasteiger partial charge in [-0.1, -0.05) is 12.1 Å². The number of carbonyl (C=O) groups excluding carboxylic acids is 1. The van der Waals surface area contributed by atoms with Gasteiger partial charge in [-0.15, -0.1) is 0 Å². The van der Waals surface area contributed by atoms with Crippen molar-refractivity contribution >= 4 is 18.0 Å². The molecule has 3 N–H and O–H groups in total. The minimum Gasteiger partial charge on any atom is -0.484 e. The van der Waals surface area contributed by atoms with Gasteiger partial charge in [0.15, 0.2) is 6.61 Å². The number of hydrogen-bond donors (Lipinski definition) is 2. The topological polar surface area (TPSA) is 113 Å². The lowest BCUT2D eigenvalue weighted by Crippen LogP contribution is -2.19. The maximum Gasteiger partial charge on any atom is 0.346 e. The zero-order valence-corrected chi connectivity index (χ0v) is 9.29. The molecule has 1 aromatic carbocycles. The first-order valence-corrected chi connectivity index (χ1v) is 4.89. The number of hydrogen-bond acceptors (Lipinski definition) is 4. The molecule has 0 aromatic heterocycles. The Morgan fingerprint density at radius 3 is 2.44 bits per heavy atom. The molecule has 0 aliphatic carbocycles. The fourth-order valence-corrected chi connectivity index (χ4v) is 1.12. The summed E-state index contributed by atoms with van der Waals surface area (Å²) in [4.78, 5) is 21.1. The van der Waals surface area contributed by atoms with Crippen LogP contribution in [0.4, 0.5) is 0 Å². The molecule has 0 saturated carbocycles. The molecule has 6 heteroatoms. The summed E-state index contributed by atoms with van der Waals surface area (Å²) in [5.41, 5.74) is 5.09. The molecule has 0 unspecified atom stereocenters.